The number of amides is 1. The molecule has 5 nitrogen and oxygen atoms in total. The summed E-state index contributed by atoms with van der Waals surface area (Å²) in [5.74, 6) is -0.643. The highest BCUT2D eigenvalue weighted by Crippen LogP contribution is 2.29. The average molecular weight is 355 g/mol. The van der Waals surface area contributed by atoms with Gasteiger partial charge in [0.25, 0.3) is 0 Å². The predicted octanol–water partition coefficient (Wildman–Crippen LogP) is 4.23. The topological polar surface area (TPSA) is 75.6 Å². The monoisotopic (exact) mass is 355 g/mol. The van der Waals surface area contributed by atoms with E-state index in [9.17, 15) is 9.59 Å². The molecule has 0 aliphatic heterocycles. The van der Waals surface area contributed by atoms with Crippen LogP contribution in [-0.4, -0.2) is 23.6 Å². The van der Waals surface area contributed by atoms with Crippen LogP contribution in [0.25, 0.3) is 0 Å². The lowest BCUT2D eigenvalue weighted by atomic mass is 9.85. The van der Waals surface area contributed by atoms with Crippen molar-refractivity contribution < 1.29 is 19.4 Å². The lowest BCUT2D eigenvalue weighted by Gasteiger charge is -2.23. The first-order valence-electron chi connectivity index (χ1n) is 8.73. The van der Waals surface area contributed by atoms with Crippen LogP contribution in [0.5, 0.6) is 5.75 Å². The Morgan fingerprint density at radius 2 is 1.85 bits per heavy atom. The van der Waals surface area contributed by atoms with Crippen LogP contribution in [-0.2, 0) is 9.59 Å². The van der Waals surface area contributed by atoms with E-state index in [0.717, 1.165) is 17.5 Å². The fourth-order valence-corrected chi connectivity index (χ4v) is 2.86. The minimum atomic E-state index is -1.03. The Hall–Kier alpha value is -2.82. The van der Waals surface area contributed by atoms with E-state index in [1.165, 1.54) is 0 Å². The lowest BCUT2D eigenvalue weighted by Crippen LogP contribution is -2.26. The maximum absolute atomic E-state index is 12.9. The van der Waals surface area contributed by atoms with Gasteiger partial charge in [0.2, 0.25) is 5.91 Å². The number of aliphatic carboxylic acids is 1. The van der Waals surface area contributed by atoms with Gasteiger partial charge >= 0.3 is 5.97 Å². The Labute approximate surface area is 154 Å². The molecule has 2 N–H and O–H groups in total. The van der Waals surface area contributed by atoms with Gasteiger partial charge in [-0.3, -0.25) is 4.79 Å². The number of aryl methyl sites for hydroxylation is 1. The molecular weight excluding hydrogens is 330 g/mol. The zero-order valence-corrected chi connectivity index (χ0v) is 15.4. The molecule has 1 amide bonds. The number of benzene rings is 2. The molecule has 2 atom stereocenters. The summed E-state index contributed by atoms with van der Waals surface area (Å²) in [6, 6.07) is 14.9. The second-order valence-corrected chi connectivity index (χ2v) is 6.42. The average Bonchev–Trinajstić information content (AvgIpc) is 2.63. The van der Waals surface area contributed by atoms with Crippen molar-refractivity contribution in [2.24, 2.45) is 5.92 Å². The minimum Gasteiger partial charge on any atom is -0.482 e. The van der Waals surface area contributed by atoms with Crippen molar-refractivity contribution in [1.82, 2.24) is 0 Å². The van der Waals surface area contributed by atoms with Crippen molar-refractivity contribution in [3.8, 4) is 5.75 Å². The van der Waals surface area contributed by atoms with E-state index in [0.29, 0.717) is 11.4 Å². The minimum absolute atomic E-state index is 0.0483. The van der Waals surface area contributed by atoms with Gasteiger partial charge in [0.15, 0.2) is 6.61 Å². The number of carboxylic acid groups (broad SMARTS) is 1. The van der Waals surface area contributed by atoms with Crippen molar-refractivity contribution >= 4 is 17.6 Å². The zero-order chi connectivity index (χ0) is 19.1. The van der Waals surface area contributed by atoms with Crippen molar-refractivity contribution in [2.45, 2.75) is 33.1 Å². The molecule has 0 saturated heterocycles. The molecule has 0 radical (unpaired) electrons. The summed E-state index contributed by atoms with van der Waals surface area (Å²) in [6.45, 7) is 5.61. The summed E-state index contributed by atoms with van der Waals surface area (Å²) < 4.78 is 5.17. The van der Waals surface area contributed by atoms with Gasteiger partial charge in [-0.2, -0.15) is 0 Å². The van der Waals surface area contributed by atoms with E-state index < -0.39 is 12.6 Å². The van der Waals surface area contributed by atoms with Gasteiger partial charge in [-0.25, -0.2) is 4.79 Å². The van der Waals surface area contributed by atoms with Crippen LogP contribution in [0.2, 0.25) is 0 Å². The number of carbonyl (C=O) groups excluding carboxylic acids is 1. The van der Waals surface area contributed by atoms with Gasteiger partial charge in [-0.1, -0.05) is 50.6 Å². The van der Waals surface area contributed by atoms with Gasteiger partial charge in [-0.05, 0) is 42.2 Å². The van der Waals surface area contributed by atoms with Crippen molar-refractivity contribution in [2.75, 3.05) is 11.9 Å². The molecule has 2 aromatic rings. The number of anilines is 1. The second kappa shape index (κ2) is 9.04. The molecule has 0 aliphatic rings. The van der Waals surface area contributed by atoms with Crippen molar-refractivity contribution in [1.29, 1.82) is 0 Å². The van der Waals surface area contributed by atoms with Crippen molar-refractivity contribution in [3.63, 3.8) is 0 Å². The number of rotatable bonds is 8. The molecule has 0 aromatic heterocycles. The molecule has 2 unspecified atom stereocenters. The van der Waals surface area contributed by atoms with Crippen LogP contribution >= 0.6 is 0 Å². The molecular formula is C21H25NO4. The molecule has 0 spiro atoms. The fraction of sp³-hybridized carbons (Fsp3) is 0.333. The highest BCUT2D eigenvalue weighted by Gasteiger charge is 2.26. The molecule has 0 fully saturated rings. The lowest BCUT2D eigenvalue weighted by molar-refractivity contribution is -0.139. The summed E-state index contributed by atoms with van der Waals surface area (Å²) in [4.78, 5) is 23.5. The number of hydrogen-bond acceptors (Lipinski definition) is 3. The second-order valence-electron chi connectivity index (χ2n) is 6.42. The summed E-state index contributed by atoms with van der Waals surface area (Å²) in [7, 11) is 0. The maximum Gasteiger partial charge on any atom is 0.341 e. The number of carboxylic acids is 1. The Morgan fingerprint density at radius 1 is 1.15 bits per heavy atom. The summed E-state index contributed by atoms with van der Waals surface area (Å²) in [5.41, 5.74) is 2.51. The molecule has 0 saturated carbocycles. The van der Waals surface area contributed by atoms with Crippen LogP contribution in [0.3, 0.4) is 0 Å². The van der Waals surface area contributed by atoms with Crippen LogP contribution in [0.15, 0.2) is 48.5 Å². The van der Waals surface area contributed by atoms with Gasteiger partial charge < -0.3 is 15.2 Å². The molecule has 138 valence electrons. The first-order chi connectivity index (χ1) is 12.4. The number of hydrogen-bond donors (Lipinski definition) is 2. The van der Waals surface area contributed by atoms with Gasteiger partial charge in [0.05, 0.1) is 5.92 Å². The Balaban J connectivity index is 2.17. The first kappa shape index (κ1) is 19.5. The SMILES string of the molecule is CCC(C)C(C(=O)Nc1ccc(OCC(=O)O)cc1C)c1ccccc1. The van der Waals surface area contributed by atoms with E-state index in [1.54, 1.807) is 18.2 Å². The predicted molar refractivity (Wildman–Crippen MR) is 102 cm³/mol. The molecule has 0 aliphatic carbocycles. The molecule has 0 heterocycles. The van der Waals surface area contributed by atoms with Crippen LogP contribution in [0.4, 0.5) is 5.69 Å². The smallest absolute Gasteiger partial charge is 0.341 e. The van der Waals surface area contributed by atoms with Crippen LogP contribution in [0, 0.1) is 12.8 Å². The highest BCUT2D eigenvalue weighted by molar-refractivity contribution is 5.96. The normalized spacial score (nSPS) is 12.9. The Bertz CT molecular complexity index is 758. The summed E-state index contributed by atoms with van der Waals surface area (Å²) in [6.07, 6.45) is 0.897. The van der Waals surface area contributed by atoms with E-state index in [-0.39, 0.29) is 17.7 Å². The van der Waals surface area contributed by atoms with Crippen molar-refractivity contribution in [3.05, 3.63) is 59.7 Å². The van der Waals surface area contributed by atoms with Crippen LogP contribution in [0.1, 0.15) is 37.3 Å². The summed E-state index contributed by atoms with van der Waals surface area (Å²) in [5, 5.41) is 11.7. The standard InChI is InChI=1S/C21H25NO4/c1-4-14(2)20(16-8-6-5-7-9-16)21(25)22-18-11-10-17(12-15(18)3)26-13-19(23)24/h5-12,14,20H,4,13H2,1-3H3,(H,22,25)(H,23,24). The maximum atomic E-state index is 12.9. The van der Waals surface area contributed by atoms with Crippen LogP contribution < -0.4 is 10.1 Å². The molecule has 5 heteroatoms. The van der Waals surface area contributed by atoms with E-state index in [4.69, 9.17) is 9.84 Å². The molecule has 0 bridgehead atoms. The zero-order valence-electron chi connectivity index (χ0n) is 15.4. The molecule has 2 rings (SSSR count). The van der Waals surface area contributed by atoms with Gasteiger partial charge in [-0.15, -0.1) is 0 Å². The van der Waals surface area contributed by atoms with Gasteiger partial charge in [0, 0.05) is 5.69 Å². The fourth-order valence-electron chi connectivity index (χ4n) is 2.86. The third-order valence-corrected chi connectivity index (χ3v) is 4.47. The van der Waals surface area contributed by atoms with E-state index in [1.807, 2.05) is 37.3 Å². The molecule has 2 aromatic carbocycles. The molecule has 26 heavy (non-hydrogen) atoms. The highest BCUT2D eigenvalue weighted by atomic mass is 16.5. The largest absolute Gasteiger partial charge is 0.482 e. The third kappa shape index (κ3) is 5.09. The van der Waals surface area contributed by atoms with E-state index in [2.05, 4.69) is 19.2 Å². The first-order valence-corrected chi connectivity index (χ1v) is 8.73. The number of nitrogens with one attached hydrogen (secondary N) is 1. The Kier molecular flexibility index (Phi) is 6.78. The Morgan fingerprint density at radius 3 is 2.42 bits per heavy atom. The number of ether oxygens (including phenoxy) is 1. The third-order valence-electron chi connectivity index (χ3n) is 4.47. The van der Waals surface area contributed by atoms with Gasteiger partial charge in [0.1, 0.15) is 5.75 Å². The number of carbonyl (C=O) groups is 2. The summed E-state index contributed by atoms with van der Waals surface area (Å²) >= 11 is 0. The quantitative estimate of drug-likeness (QED) is 0.743. The van der Waals surface area contributed by atoms with E-state index >= 15 is 0 Å².